The number of furan rings is 1. The van der Waals surface area contributed by atoms with Gasteiger partial charge >= 0.3 is 0 Å². The third kappa shape index (κ3) is 5.45. The summed E-state index contributed by atoms with van der Waals surface area (Å²) in [5, 5.41) is 0. The van der Waals surface area contributed by atoms with Crippen molar-refractivity contribution in [3.05, 3.63) is 36.3 Å². The highest BCUT2D eigenvalue weighted by Gasteiger charge is 1.82. The predicted molar refractivity (Wildman–Crippen MR) is 62.0 cm³/mol. The second-order valence-corrected chi connectivity index (χ2v) is 3.00. The maximum atomic E-state index is 5.05. The van der Waals surface area contributed by atoms with Crippen molar-refractivity contribution in [2.24, 2.45) is 0 Å². The van der Waals surface area contributed by atoms with Crippen LogP contribution in [0.5, 0.6) is 0 Å². The van der Waals surface area contributed by atoms with Crippen molar-refractivity contribution in [3.63, 3.8) is 0 Å². The van der Waals surface area contributed by atoms with E-state index in [9.17, 15) is 0 Å². The highest BCUT2D eigenvalue weighted by atomic mass is 16.3. The smallest absolute Gasteiger partial charge is 0.176 e. The van der Waals surface area contributed by atoms with Crippen molar-refractivity contribution >= 4 is 0 Å². The minimum absolute atomic E-state index is 0.679. The zero-order chi connectivity index (χ0) is 10.8. The van der Waals surface area contributed by atoms with Gasteiger partial charge in [-0.25, -0.2) is 0 Å². The molecule has 1 rings (SSSR count). The van der Waals surface area contributed by atoms with Gasteiger partial charge in [0.05, 0.1) is 6.26 Å². The molecule has 0 bridgehead atoms. The predicted octanol–water partition coefficient (Wildman–Crippen LogP) is 3.38. The Morgan fingerprint density at radius 3 is 2.93 bits per heavy atom. The molecule has 0 aromatic carbocycles. The fourth-order valence-corrected chi connectivity index (χ4v) is 0.942. The molecule has 0 amide bonds. The van der Waals surface area contributed by atoms with Crippen LogP contribution in [0, 0.1) is 23.7 Å². The molecule has 0 atom stereocenters. The van der Waals surface area contributed by atoms with Crippen LogP contribution in [0.4, 0.5) is 0 Å². The largest absolute Gasteiger partial charge is 0.456 e. The maximum Gasteiger partial charge on any atom is 0.176 e. The molecule has 0 aliphatic carbocycles. The molecule has 1 aromatic rings. The van der Waals surface area contributed by atoms with Gasteiger partial charge in [-0.2, -0.15) is 0 Å². The quantitative estimate of drug-likeness (QED) is 0.524. The fraction of sp³-hybridized carbons (Fsp3) is 0.286. The lowest BCUT2D eigenvalue weighted by molar-refractivity contribution is 0.554. The number of hydrogen-bond acceptors (Lipinski definition) is 1. The Morgan fingerprint density at radius 1 is 1.33 bits per heavy atom. The third-order valence-corrected chi connectivity index (χ3v) is 1.72. The lowest BCUT2D eigenvalue weighted by Gasteiger charge is -1.81. The lowest BCUT2D eigenvalue weighted by atomic mass is 10.2. The summed E-state index contributed by atoms with van der Waals surface area (Å²) in [6.07, 6.45) is 8.44. The highest BCUT2D eigenvalue weighted by Crippen LogP contribution is 1.95. The second-order valence-electron chi connectivity index (χ2n) is 3.00. The van der Waals surface area contributed by atoms with Crippen molar-refractivity contribution in [3.8, 4) is 23.7 Å². The first-order valence-corrected chi connectivity index (χ1v) is 5.12. The van der Waals surface area contributed by atoms with Crippen LogP contribution in [0.25, 0.3) is 0 Å². The van der Waals surface area contributed by atoms with Gasteiger partial charge in [-0.1, -0.05) is 31.1 Å². The van der Waals surface area contributed by atoms with Gasteiger partial charge in [0.25, 0.3) is 0 Å². The zero-order valence-electron chi connectivity index (χ0n) is 8.92. The van der Waals surface area contributed by atoms with E-state index in [0.29, 0.717) is 5.76 Å². The van der Waals surface area contributed by atoms with Gasteiger partial charge in [0.15, 0.2) is 5.76 Å². The molecule has 1 nitrogen and oxygen atoms in total. The molecular weight excluding hydrogens is 184 g/mol. The van der Waals surface area contributed by atoms with Crippen molar-refractivity contribution in [2.45, 2.75) is 26.2 Å². The molecule has 0 aliphatic heterocycles. The van der Waals surface area contributed by atoms with Crippen LogP contribution in [0.2, 0.25) is 0 Å². The number of rotatable bonds is 2. The Hall–Kier alpha value is -1.86. The fourth-order valence-electron chi connectivity index (χ4n) is 0.942. The molecule has 1 heteroatoms. The Labute approximate surface area is 91.2 Å². The van der Waals surface area contributed by atoms with Crippen molar-refractivity contribution in [2.75, 3.05) is 0 Å². The SMILES string of the molecule is CCCCC#CC=CC#Cc1ccco1. The van der Waals surface area contributed by atoms with E-state index in [0.717, 1.165) is 6.42 Å². The van der Waals surface area contributed by atoms with E-state index >= 15 is 0 Å². The molecule has 0 spiro atoms. The summed E-state index contributed by atoms with van der Waals surface area (Å²) >= 11 is 0. The molecule has 1 aromatic heterocycles. The van der Waals surface area contributed by atoms with E-state index in [1.54, 1.807) is 18.4 Å². The van der Waals surface area contributed by atoms with Crippen LogP contribution in [-0.2, 0) is 0 Å². The van der Waals surface area contributed by atoms with Crippen LogP contribution in [0.1, 0.15) is 31.9 Å². The highest BCUT2D eigenvalue weighted by molar-refractivity contribution is 5.31. The van der Waals surface area contributed by atoms with Gasteiger partial charge in [0.2, 0.25) is 0 Å². The van der Waals surface area contributed by atoms with Crippen LogP contribution in [0.3, 0.4) is 0 Å². The molecule has 0 radical (unpaired) electrons. The maximum absolute atomic E-state index is 5.05. The lowest BCUT2D eigenvalue weighted by Crippen LogP contribution is -1.65. The van der Waals surface area contributed by atoms with Crippen LogP contribution in [0.15, 0.2) is 35.0 Å². The number of unbranched alkanes of at least 4 members (excludes halogenated alkanes) is 2. The average Bonchev–Trinajstić information content (AvgIpc) is 2.75. The Kier molecular flexibility index (Phi) is 5.63. The van der Waals surface area contributed by atoms with Crippen LogP contribution < -0.4 is 0 Å². The summed E-state index contributed by atoms with van der Waals surface area (Å²) < 4.78 is 5.05. The molecule has 76 valence electrons. The molecule has 0 aliphatic rings. The number of hydrogen-bond donors (Lipinski definition) is 0. The average molecular weight is 198 g/mol. The van der Waals surface area contributed by atoms with Gasteiger partial charge in [0.1, 0.15) is 0 Å². The summed E-state index contributed by atoms with van der Waals surface area (Å²) in [5.41, 5.74) is 0. The summed E-state index contributed by atoms with van der Waals surface area (Å²) in [6, 6.07) is 3.64. The first-order chi connectivity index (χ1) is 7.43. The van der Waals surface area contributed by atoms with Crippen molar-refractivity contribution < 1.29 is 4.42 Å². The van der Waals surface area contributed by atoms with Gasteiger partial charge < -0.3 is 4.42 Å². The minimum Gasteiger partial charge on any atom is -0.456 e. The molecule has 1 heterocycles. The van der Waals surface area contributed by atoms with Crippen molar-refractivity contribution in [1.82, 2.24) is 0 Å². The second kappa shape index (κ2) is 7.54. The van der Waals surface area contributed by atoms with E-state index in [2.05, 4.69) is 30.6 Å². The summed E-state index contributed by atoms with van der Waals surface area (Å²) in [7, 11) is 0. The van der Waals surface area contributed by atoms with Crippen LogP contribution in [-0.4, -0.2) is 0 Å². The zero-order valence-corrected chi connectivity index (χ0v) is 8.92. The Morgan fingerprint density at radius 2 is 2.20 bits per heavy atom. The molecular formula is C14H14O. The van der Waals surface area contributed by atoms with E-state index in [1.165, 1.54) is 12.8 Å². The summed E-state index contributed by atoms with van der Waals surface area (Å²) in [6.45, 7) is 2.16. The van der Waals surface area contributed by atoms with Gasteiger partial charge in [-0.3, -0.25) is 0 Å². The van der Waals surface area contributed by atoms with E-state index in [-0.39, 0.29) is 0 Å². The third-order valence-electron chi connectivity index (χ3n) is 1.72. The first-order valence-electron chi connectivity index (χ1n) is 5.12. The van der Waals surface area contributed by atoms with Gasteiger partial charge in [-0.15, -0.1) is 0 Å². The number of allylic oxidation sites excluding steroid dienone is 2. The van der Waals surface area contributed by atoms with Gasteiger partial charge in [-0.05, 0) is 36.6 Å². The van der Waals surface area contributed by atoms with E-state index in [4.69, 9.17) is 4.42 Å². The molecule has 0 unspecified atom stereocenters. The minimum atomic E-state index is 0.679. The Bertz CT molecular complexity index is 402. The molecule has 0 saturated heterocycles. The Balaban J connectivity index is 2.29. The summed E-state index contributed by atoms with van der Waals surface area (Å²) in [5.74, 6) is 12.4. The van der Waals surface area contributed by atoms with E-state index in [1.807, 2.05) is 12.1 Å². The monoisotopic (exact) mass is 198 g/mol. The topological polar surface area (TPSA) is 13.1 Å². The molecule has 0 N–H and O–H groups in total. The molecule has 15 heavy (non-hydrogen) atoms. The van der Waals surface area contributed by atoms with E-state index < -0.39 is 0 Å². The normalized spacial score (nSPS) is 9.13. The summed E-state index contributed by atoms with van der Waals surface area (Å²) in [4.78, 5) is 0. The van der Waals surface area contributed by atoms with Gasteiger partial charge in [0, 0.05) is 6.42 Å². The van der Waals surface area contributed by atoms with Crippen LogP contribution >= 0.6 is 0 Å². The van der Waals surface area contributed by atoms with Crippen molar-refractivity contribution in [1.29, 1.82) is 0 Å². The standard InChI is InChI=1S/C14H14O/c1-2-3-4-5-6-7-8-9-11-14-12-10-13-15-14/h7-8,10,12-13H,2-4H2,1H3. The first kappa shape index (κ1) is 11.2. The molecule has 0 fully saturated rings. The molecule has 0 saturated carbocycles.